The molecule has 0 atom stereocenters. The molecule has 0 fully saturated rings. The van der Waals surface area contributed by atoms with Gasteiger partial charge in [-0.15, -0.1) is 0 Å². The van der Waals surface area contributed by atoms with Crippen molar-refractivity contribution in [1.29, 1.82) is 0 Å². The van der Waals surface area contributed by atoms with Gasteiger partial charge in [0.05, 0.1) is 5.56 Å². The zero-order valence-electron chi connectivity index (χ0n) is 12.5. The molecule has 0 amide bonds. The highest BCUT2D eigenvalue weighted by Gasteiger charge is 2.13. The minimum atomic E-state index is -0.364. The lowest BCUT2D eigenvalue weighted by molar-refractivity contribution is 0.0472. The summed E-state index contributed by atoms with van der Waals surface area (Å²) < 4.78 is 5.30. The molecule has 0 aliphatic heterocycles. The smallest absolute Gasteiger partial charge is 0.338 e. The maximum Gasteiger partial charge on any atom is 0.338 e. The van der Waals surface area contributed by atoms with Gasteiger partial charge < -0.3 is 4.74 Å². The molecule has 0 aromatic heterocycles. The van der Waals surface area contributed by atoms with Crippen LogP contribution in [0.2, 0.25) is 5.02 Å². The molecule has 2 aromatic carbocycles. The summed E-state index contributed by atoms with van der Waals surface area (Å²) in [5.74, 6) is -0.364. The minimum Gasteiger partial charge on any atom is -0.457 e. The first-order chi connectivity index (χ1) is 9.86. The van der Waals surface area contributed by atoms with Crippen LogP contribution in [0.25, 0.3) is 0 Å². The van der Waals surface area contributed by atoms with E-state index in [1.54, 1.807) is 24.3 Å². The largest absolute Gasteiger partial charge is 0.457 e. The molecule has 0 radical (unpaired) electrons. The van der Waals surface area contributed by atoms with Gasteiger partial charge in [-0.05, 0) is 34.7 Å². The quantitative estimate of drug-likeness (QED) is 0.746. The summed E-state index contributed by atoms with van der Waals surface area (Å²) in [6.07, 6.45) is 0. The van der Waals surface area contributed by atoms with Crippen LogP contribution in [0, 0.1) is 0 Å². The number of carbonyl (C=O) groups excluding carboxylic acids is 1. The average molecular weight is 303 g/mol. The fourth-order valence-electron chi connectivity index (χ4n) is 1.95. The van der Waals surface area contributed by atoms with Gasteiger partial charge in [0.1, 0.15) is 6.61 Å². The molecule has 2 nitrogen and oxygen atoms in total. The fourth-order valence-corrected chi connectivity index (χ4v) is 2.14. The highest BCUT2D eigenvalue weighted by atomic mass is 35.5. The van der Waals surface area contributed by atoms with E-state index in [-0.39, 0.29) is 18.0 Å². The van der Waals surface area contributed by atoms with E-state index in [2.05, 4.69) is 32.9 Å². The maximum atomic E-state index is 11.9. The SMILES string of the molecule is CC(C)(C)c1ccc(COC(=O)c2cccc(Cl)c2)cc1. The van der Waals surface area contributed by atoms with Gasteiger partial charge in [0.2, 0.25) is 0 Å². The van der Waals surface area contributed by atoms with Crippen LogP contribution in [-0.4, -0.2) is 5.97 Å². The number of esters is 1. The standard InChI is InChI=1S/C18H19ClO2/c1-18(2,3)15-9-7-13(8-10-15)12-21-17(20)14-5-4-6-16(19)11-14/h4-11H,12H2,1-3H3. The summed E-state index contributed by atoms with van der Waals surface area (Å²) in [7, 11) is 0. The number of benzene rings is 2. The van der Waals surface area contributed by atoms with E-state index in [1.807, 2.05) is 12.1 Å². The molecule has 0 bridgehead atoms. The monoisotopic (exact) mass is 302 g/mol. The van der Waals surface area contributed by atoms with Crippen LogP contribution in [0.1, 0.15) is 42.3 Å². The molecule has 110 valence electrons. The second-order valence-electron chi connectivity index (χ2n) is 6.03. The summed E-state index contributed by atoms with van der Waals surface area (Å²) in [5, 5.41) is 0.527. The van der Waals surface area contributed by atoms with Gasteiger partial charge in [-0.25, -0.2) is 4.79 Å². The van der Waals surface area contributed by atoms with E-state index < -0.39 is 0 Å². The second-order valence-corrected chi connectivity index (χ2v) is 6.47. The Morgan fingerprint density at radius 1 is 1.10 bits per heavy atom. The fraction of sp³-hybridized carbons (Fsp3) is 0.278. The lowest BCUT2D eigenvalue weighted by atomic mass is 9.87. The average Bonchev–Trinajstić information content (AvgIpc) is 2.44. The van der Waals surface area contributed by atoms with Crippen molar-refractivity contribution in [2.45, 2.75) is 32.8 Å². The van der Waals surface area contributed by atoms with Gasteiger partial charge in [-0.2, -0.15) is 0 Å². The van der Waals surface area contributed by atoms with Crippen molar-refractivity contribution < 1.29 is 9.53 Å². The minimum absolute atomic E-state index is 0.121. The third kappa shape index (κ3) is 4.33. The molecule has 0 heterocycles. The molecule has 0 spiro atoms. The maximum absolute atomic E-state index is 11.9. The van der Waals surface area contributed by atoms with E-state index in [0.29, 0.717) is 10.6 Å². The molecule has 0 aliphatic carbocycles. The molecular weight excluding hydrogens is 284 g/mol. The Hall–Kier alpha value is -1.80. The van der Waals surface area contributed by atoms with E-state index in [4.69, 9.17) is 16.3 Å². The molecule has 0 aliphatic rings. The zero-order valence-corrected chi connectivity index (χ0v) is 13.3. The third-order valence-corrected chi connectivity index (χ3v) is 3.49. The van der Waals surface area contributed by atoms with Gasteiger partial charge in [-0.3, -0.25) is 0 Å². The van der Waals surface area contributed by atoms with E-state index in [9.17, 15) is 4.79 Å². The van der Waals surface area contributed by atoms with Crippen molar-refractivity contribution in [3.8, 4) is 0 Å². The van der Waals surface area contributed by atoms with Crippen LogP contribution >= 0.6 is 11.6 Å². The summed E-state index contributed by atoms with van der Waals surface area (Å²) in [6, 6.07) is 14.9. The van der Waals surface area contributed by atoms with Crippen LogP contribution in [0.5, 0.6) is 0 Å². The molecule has 0 unspecified atom stereocenters. The number of hydrogen-bond acceptors (Lipinski definition) is 2. The Labute approximate surface area is 130 Å². The number of carbonyl (C=O) groups is 1. The number of halogens is 1. The van der Waals surface area contributed by atoms with Gasteiger partial charge in [0.15, 0.2) is 0 Å². The van der Waals surface area contributed by atoms with Crippen molar-refractivity contribution >= 4 is 17.6 Å². The third-order valence-electron chi connectivity index (χ3n) is 3.25. The van der Waals surface area contributed by atoms with Crippen molar-refractivity contribution in [3.05, 3.63) is 70.2 Å². The molecule has 21 heavy (non-hydrogen) atoms. The predicted molar refractivity (Wildman–Crippen MR) is 85.7 cm³/mol. The van der Waals surface area contributed by atoms with Crippen LogP contribution in [0.15, 0.2) is 48.5 Å². The first-order valence-electron chi connectivity index (χ1n) is 6.88. The van der Waals surface area contributed by atoms with Crippen LogP contribution in [0.3, 0.4) is 0 Å². The zero-order chi connectivity index (χ0) is 15.5. The number of ether oxygens (including phenoxy) is 1. The van der Waals surface area contributed by atoms with Gasteiger partial charge >= 0.3 is 5.97 Å². The Morgan fingerprint density at radius 3 is 2.33 bits per heavy atom. The molecule has 2 aromatic rings. The Balaban J connectivity index is 1.98. The molecular formula is C18H19ClO2. The molecule has 0 saturated heterocycles. The summed E-state index contributed by atoms with van der Waals surface area (Å²) >= 11 is 5.86. The van der Waals surface area contributed by atoms with Gasteiger partial charge in [-0.1, -0.05) is 62.7 Å². The number of rotatable bonds is 3. The van der Waals surface area contributed by atoms with Crippen molar-refractivity contribution in [3.63, 3.8) is 0 Å². The summed E-state index contributed by atoms with van der Waals surface area (Å²) in [6.45, 7) is 6.76. The summed E-state index contributed by atoms with van der Waals surface area (Å²) in [5.41, 5.74) is 2.82. The first kappa shape index (κ1) is 15.6. The molecule has 0 saturated carbocycles. The normalized spacial score (nSPS) is 11.2. The predicted octanol–water partition coefficient (Wildman–Crippen LogP) is 4.99. The van der Waals surface area contributed by atoms with Crippen molar-refractivity contribution in [2.75, 3.05) is 0 Å². The van der Waals surface area contributed by atoms with E-state index >= 15 is 0 Å². The van der Waals surface area contributed by atoms with Crippen molar-refractivity contribution in [1.82, 2.24) is 0 Å². The van der Waals surface area contributed by atoms with E-state index in [0.717, 1.165) is 5.56 Å². The topological polar surface area (TPSA) is 26.3 Å². The summed E-state index contributed by atoms with van der Waals surface area (Å²) in [4.78, 5) is 11.9. The van der Waals surface area contributed by atoms with E-state index in [1.165, 1.54) is 5.56 Å². The Bertz CT molecular complexity index is 624. The van der Waals surface area contributed by atoms with Crippen LogP contribution < -0.4 is 0 Å². The Kier molecular flexibility index (Phi) is 4.69. The first-order valence-corrected chi connectivity index (χ1v) is 7.26. The molecule has 3 heteroatoms. The van der Waals surface area contributed by atoms with Crippen LogP contribution in [-0.2, 0) is 16.8 Å². The molecule has 0 N–H and O–H groups in total. The molecule has 2 rings (SSSR count). The lowest BCUT2D eigenvalue weighted by Crippen LogP contribution is -2.11. The number of hydrogen-bond donors (Lipinski definition) is 0. The van der Waals surface area contributed by atoms with Crippen molar-refractivity contribution in [2.24, 2.45) is 0 Å². The lowest BCUT2D eigenvalue weighted by Gasteiger charge is -2.19. The van der Waals surface area contributed by atoms with Gasteiger partial charge in [0, 0.05) is 5.02 Å². The highest BCUT2D eigenvalue weighted by Crippen LogP contribution is 2.22. The van der Waals surface area contributed by atoms with Gasteiger partial charge in [0.25, 0.3) is 0 Å². The highest BCUT2D eigenvalue weighted by molar-refractivity contribution is 6.30. The Morgan fingerprint density at radius 2 is 1.76 bits per heavy atom. The van der Waals surface area contributed by atoms with Crippen LogP contribution in [0.4, 0.5) is 0 Å². The second kappa shape index (κ2) is 6.31.